The zero-order valence-electron chi connectivity index (χ0n) is 2.56. The van der Waals surface area contributed by atoms with Crippen molar-refractivity contribution in [1.29, 1.82) is 0 Å². The maximum atomic E-state index is 7.55. The SMILES string of the molecule is [N-]=[N+]=CCCl. The molecule has 0 aromatic rings. The summed E-state index contributed by atoms with van der Waals surface area (Å²) in [7, 11) is 0. The first kappa shape index (κ1) is 4.67. The smallest absolute Gasteiger partial charge is 0.272 e. The van der Waals surface area contributed by atoms with Gasteiger partial charge < -0.3 is 5.53 Å². The fraction of sp³-hybridized carbons (Fsp3) is 0.500. The van der Waals surface area contributed by atoms with Crippen LogP contribution in [0, 0.1) is 0 Å². The Kier molecular flexibility index (Phi) is 3.43. The lowest BCUT2D eigenvalue weighted by molar-refractivity contribution is 0.00323. The molecule has 0 N–H and O–H groups in total. The van der Waals surface area contributed by atoms with Crippen LogP contribution in [0.4, 0.5) is 0 Å². The van der Waals surface area contributed by atoms with Crippen LogP contribution in [-0.2, 0) is 0 Å². The van der Waals surface area contributed by atoms with Crippen molar-refractivity contribution < 1.29 is 4.79 Å². The molecule has 0 saturated carbocycles. The second-order valence-corrected chi connectivity index (χ2v) is 0.761. The fourth-order valence-corrected chi connectivity index (χ4v) is 0.0926. The first-order valence-corrected chi connectivity index (χ1v) is 1.67. The minimum absolute atomic E-state index is 0.274. The Balaban J connectivity index is 2.93. The summed E-state index contributed by atoms with van der Waals surface area (Å²) in [6, 6.07) is 0. The standard InChI is InChI=1S/C2H3ClN2/c3-1-2-5-4/h2H,1H2. The third-order valence-electron chi connectivity index (χ3n) is 0.151. The molecule has 0 spiro atoms. The van der Waals surface area contributed by atoms with Crippen molar-refractivity contribution >= 4 is 17.8 Å². The van der Waals surface area contributed by atoms with Crippen LogP contribution >= 0.6 is 11.6 Å². The molecule has 0 amide bonds. The highest BCUT2D eigenvalue weighted by Crippen LogP contribution is 1.58. The molecule has 0 aliphatic rings. The van der Waals surface area contributed by atoms with E-state index in [0.717, 1.165) is 0 Å². The van der Waals surface area contributed by atoms with Gasteiger partial charge >= 0.3 is 0 Å². The van der Waals surface area contributed by atoms with Crippen molar-refractivity contribution in [1.82, 2.24) is 0 Å². The van der Waals surface area contributed by atoms with Crippen molar-refractivity contribution in [3.8, 4) is 0 Å². The zero-order chi connectivity index (χ0) is 4.12. The lowest BCUT2D eigenvalue weighted by Crippen LogP contribution is -1.68. The molecule has 5 heavy (non-hydrogen) atoms. The van der Waals surface area contributed by atoms with E-state index in [2.05, 4.69) is 4.79 Å². The van der Waals surface area contributed by atoms with Crippen LogP contribution in [0.25, 0.3) is 5.53 Å². The number of halogens is 1. The Hall–Kier alpha value is -0.330. The third-order valence-corrected chi connectivity index (χ3v) is 0.289. The van der Waals surface area contributed by atoms with E-state index in [9.17, 15) is 0 Å². The molecule has 0 fully saturated rings. The van der Waals surface area contributed by atoms with Gasteiger partial charge in [0.15, 0.2) is 0 Å². The summed E-state index contributed by atoms with van der Waals surface area (Å²) in [4.78, 5) is 2.60. The molecule has 28 valence electrons. The fourth-order valence-electron chi connectivity index (χ4n) is 0.0309. The maximum Gasteiger partial charge on any atom is 0.272 e. The van der Waals surface area contributed by atoms with Crippen molar-refractivity contribution in [3.63, 3.8) is 0 Å². The van der Waals surface area contributed by atoms with E-state index >= 15 is 0 Å². The van der Waals surface area contributed by atoms with Gasteiger partial charge in [-0.25, -0.2) is 0 Å². The molecule has 0 heterocycles. The highest BCUT2D eigenvalue weighted by molar-refractivity contribution is 6.24. The number of rotatable bonds is 1. The molecule has 0 bridgehead atoms. The zero-order valence-corrected chi connectivity index (χ0v) is 3.31. The number of hydrogen-bond acceptors (Lipinski definition) is 0. The summed E-state index contributed by atoms with van der Waals surface area (Å²) < 4.78 is 0. The van der Waals surface area contributed by atoms with Crippen LogP contribution in [0.2, 0.25) is 0 Å². The molecule has 0 saturated heterocycles. The minimum Gasteiger partial charge on any atom is -0.362 e. The third kappa shape index (κ3) is 3.67. The highest BCUT2D eigenvalue weighted by atomic mass is 35.5. The van der Waals surface area contributed by atoms with Gasteiger partial charge in [-0.3, -0.25) is 0 Å². The molecule has 0 rings (SSSR count). The van der Waals surface area contributed by atoms with Crippen LogP contribution in [0.5, 0.6) is 0 Å². The summed E-state index contributed by atoms with van der Waals surface area (Å²) in [5, 5.41) is 0. The van der Waals surface area contributed by atoms with Crippen LogP contribution < -0.4 is 0 Å². The Morgan fingerprint density at radius 3 is 2.60 bits per heavy atom. The van der Waals surface area contributed by atoms with Gasteiger partial charge in [0, 0.05) is 0 Å². The predicted molar refractivity (Wildman–Crippen MR) is 20.4 cm³/mol. The summed E-state index contributed by atoms with van der Waals surface area (Å²) in [6.45, 7) is 0. The quantitative estimate of drug-likeness (QED) is 0.195. The van der Waals surface area contributed by atoms with Gasteiger partial charge in [0.25, 0.3) is 6.21 Å². The van der Waals surface area contributed by atoms with Crippen LogP contribution in [0.3, 0.4) is 0 Å². The van der Waals surface area contributed by atoms with E-state index in [0.29, 0.717) is 0 Å². The minimum atomic E-state index is 0.274. The normalized spacial score (nSPS) is 5.80. The summed E-state index contributed by atoms with van der Waals surface area (Å²) in [6.07, 6.45) is 1.20. The first-order chi connectivity index (χ1) is 2.41. The van der Waals surface area contributed by atoms with E-state index in [1.165, 1.54) is 6.21 Å². The Morgan fingerprint density at radius 2 is 2.60 bits per heavy atom. The number of hydrogen-bond donors (Lipinski definition) is 0. The molecule has 0 radical (unpaired) electrons. The van der Waals surface area contributed by atoms with E-state index in [4.69, 9.17) is 17.1 Å². The molecule has 0 aliphatic heterocycles. The van der Waals surface area contributed by atoms with Crippen LogP contribution in [0.1, 0.15) is 0 Å². The number of alkyl halides is 1. The van der Waals surface area contributed by atoms with E-state index in [1.54, 1.807) is 0 Å². The molecule has 3 heteroatoms. The van der Waals surface area contributed by atoms with Gasteiger partial charge in [0.2, 0.25) is 0 Å². The van der Waals surface area contributed by atoms with Gasteiger partial charge in [-0.2, -0.15) is 4.79 Å². The lowest BCUT2D eigenvalue weighted by Gasteiger charge is -1.48. The van der Waals surface area contributed by atoms with Crippen LogP contribution in [0.15, 0.2) is 0 Å². The van der Waals surface area contributed by atoms with Crippen molar-refractivity contribution in [2.24, 2.45) is 0 Å². The van der Waals surface area contributed by atoms with Gasteiger partial charge in [-0.05, 0) is 0 Å². The molecule has 0 unspecified atom stereocenters. The van der Waals surface area contributed by atoms with Crippen molar-refractivity contribution in [2.75, 3.05) is 5.88 Å². The predicted octanol–water partition coefficient (Wildman–Crippen LogP) is 0.526. The summed E-state index contributed by atoms with van der Waals surface area (Å²) in [5.41, 5.74) is 7.55. The topological polar surface area (TPSA) is 36.4 Å². The molecular weight excluding hydrogens is 87.5 g/mol. The molecule has 0 atom stereocenters. The van der Waals surface area contributed by atoms with Crippen molar-refractivity contribution in [2.45, 2.75) is 0 Å². The molecule has 0 aliphatic carbocycles. The summed E-state index contributed by atoms with van der Waals surface area (Å²) >= 11 is 4.99. The molecule has 0 aromatic heterocycles. The average molecular weight is 90.5 g/mol. The van der Waals surface area contributed by atoms with Crippen LogP contribution in [-0.4, -0.2) is 16.9 Å². The van der Waals surface area contributed by atoms with E-state index < -0.39 is 0 Å². The molecular formula is C2H3ClN2. The second-order valence-electron chi connectivity index (χ2n) is 0.452. The average Bonchev–Trinajstić information content (AvgIpc) is 1.41. The van der Waals surface area contributed by atoms with Gasteiger partial charge in [0.1, 0.15) is 5.88 Å². The number of nitrogens with zero attached hydrogens (tertiary/aromatic N) is 2. The lowest BCUT2D eigenvalue weighted by atomic mass is 10.9. The van der Waals surface area contributed by atoms with Gasteiger partial charge in [0.05, 0.1) is 0 Å². The molecule has 0 aromatic carbocycles. The van der Waals surface area contributed by atoms with E-state index in [-0.39, 0.29) is 5.88 Å². The monoisotopic (exact) mass is 90.0 g/mol. The van der Waals surface area contributed by atoms with Gasteiger partial charge in [-0.1, -0.05) is 0 Å². The Labute approximate surface area is 35.0 Å². The van der Waals surface area contributed by atoms with Crippen molar-refractivity contribution in [3.05, 3.63) is 5.53 Å². The maximum absolute atomic E-state index is 7.55. The molecule has 2 nitrogen and oxygen atoms in total. The summed E-state index contributed by atoms with van der Waals surface area (Å²) in [5.74, 6) is 0.274. The second kappa shape index (κ2) is 3.67. The Morgan fingerprint density at radius 1 is 2.00 bits per heavy atom. The highest BCUT2D eigenvalue weighted by Gasteiger charge is 1.64. The first-order valence-electron chi connectivity index (χ1n) is 1.13. The Bertz CT molecular complexity index is 54.7. The largest absolute Gasteiger partial charge is 0.362 e. The van der Waals surface area contributed by atoms with Gasteiger partial charge in [-0.15, -0.1) is 11.6 Å². The van der Waals surface area contributed by atoms with E-state index in [1.807, 2.05) is 0 Å².